The molecule has 3 unspecified atom stereocenters. The van der Waals surface area contributed by atoms with E-state index in [9.17, 15) is 23.2 Å². The SMILES string of the molecule is O=C(NC(c1ccccc1)c1ccc(C2CC2)c(F)n1)C1CC(F)CN1C(=O)CNC(=O)N1CCC1. The Bertz CT molecular complexity index is 1140. The van der Waals surface area contributed by atoms with Gasteiger partial charge in [0.05, 0.1) is 24.8 Å². The largest absolute Gasteiger partial charge is 0.342 e. The van der Waals surface area contributed by atoms with Crippen LogP contribution in [0.15, 0.2) is 42.5 Å². The minimum Gasteiger partial charge on any atom is -0.342 e. The summed E-state index contributed by atoms with van der Waals surface area (Å²) in [6.45, 7) is 0.732. The minimum absolute atomic E-state index is 0.151. The molecular weight excluding hydrogens is 468 g/mol. The van der Waals surface area contributed by atoms with Crippen LogP contribution in [-0.2, 0) is 9.59 Å². The third-order valence-electron chi connectivity index (χ3n) is 7.04. The molecule has 2 aromatic rings. The van der Waals surface area contributed by atoms with Crippen molar-refractivity contribution < 1.29 is 23.2 Å². The summed E-state index contributed by atoms with van der Waals surface area (Å²) in [5.74, 6) is -1.44. The van der Waals surface area contributed by atoms with Gasteiger partial charge < -0.3 is 20.4 Å². The van der Waals surface area contributed by atoms with Crippen molar-refractivity contribution in [2.75, 3.05) is 26.2 Å². The zero-order valence-electron chi connectivity index (χ0n) is 19.8. The number of carbonyl (C=O) groups excluding carboxylic acids is 3. The second-order valence-corrected chi connectivity index (χ2v) is 9.64. The first-order valence-corrected chi connectivity index (χ1v) is 12.4. The second kappa shape index (κ2) is 10.2. The second-order valence-electron chi connectivity index (χ2n) is 9.64. The van der Waals surface area contributed by atoms with Crippen molar-refractivity contribution >= 4 is 17.8 Å². The number of benzene rings is 1. The molecule has 2 N–H and O–H groups in total. The fourth-order valence-electron chi connectivity index (χ4n) is 4.72. The number of likely N-dealkylation sites (tertiary alicyclic amines) is 2. The van der Waals surface area contributed by atoms with Crippen LogP contribution in [0, 0.1) is 5.95 Å². The molecule has 1 saturated carbocycles. The molecular formula is C26H29F2N5O3. The summed E-state index contributed by atoms with van der Waals surface area (Å²) in [6.07, 6.45) is 1.28. The molecule has 5 rings (SSSR count). The lowest BCUT2D eigenvalue weighted by Crippen LogP contribution is -2.52. The number of alkyl halides is 1. The van der Waals surface area contributed by atoms with Gasteiger partial charge in [-0.1, -0.05) is 36.4 Å². The molecule has 3 heterocycles. The Morgan fingerprint density at radius 1 is 1.08 bits per heavy atom. The molecule has 0 spiro atoms. The number of hydrogen-bond acceptors (Lipinski definition) is 4. The van der Waals surface area contributed by atoms with Crippen LogP contribution < -0.4 is 10.6 Å². The average Bonchev–Trinajstić information content (AvgIpc) is 3.60. The monoisotopic (exact) mass is 497 g/mol. The summed E-state index contributed by atoms with van der Waals surface area (Å²) >= 11 is 0. The van der Waals surface area contributed by atoms with Crippen molar-refractivity contribution in [2.24, 2.45) is 0 Å². The Morgan fingerprint density at radius 3 is 2.47 bits per heavy atom. The van der Waals surface area contributed by atoms with Crippen LogP contribution in [0.2, 0.25) is 0 Å². The first-order valence-electron chi connectivity index (χ1n) is 12.4. The number of aromatic nitrogens is 1. The first kappa shape index (κ1) is 24.1. The highest BCUT2D eigenvalue weighted by Gasteiger charge is 2.41. The van der Waals surface area contributed by atoms with Gasteiger partial charge in [-0.05, 0) is 36.8 Å². The summed E-state index contributed by atoms with van der Waals surface area (Å²) < 4.78 is 29.1. The lowest BCUT2D eigenvalue weighted by atomic mass is 10.0. The van der Waals surface area contributed by atoms with Crippen LogP contribution >= 0.6 is 0 Å². The third kappa shape index (κ3) is 5.17. The van der Waals surface area contributed by atoms with Gasteiger partial charge in [-0.2, -0.15) is 4.39 Å². The molecule has 3 fully saturated rings. The molecule has 3 atom stereocenters. The van der Waals surface area contributed by atoms with Crippen LogP contribution in [0.5, 0.6) is 0 Å². The molecule has 0 bridgehead atoms. The fraction of sp³-hybridized carbons (Fsp3) is 0.462. The number of carbonyl (C=O) groups is 3. The van der Waals surface area contributed by atoms with Gasteiger partial charge in [0.15, 0.2) is 0 Å². The Hall–Kier alpha value is -3.56. The van der Waals surface area contributed by atoms with Gasteiger partial charge in [0.1, 0.15) is 12.2 Å². The van der Waals surface area contributed by atoms with E-state index in [4.69, 9.17) is 0 Å². The molecule has 2 saturated heterocycles. The molecule has 1 aromatic heterocycles. The number of halogens is 2. The van der Waals surface area contributed by atoms with E-state index in [0.717, 1.165) is 19.3 Å². The molecule has 10 heteroatoms. The minimum atomic E-state index is -1.36. The number of rotatable bonds is 7. The van der Waals surface area contributed by atoms with Crippen LogP contribution in [0.3, 0.4) is 0 Å². The quantitative estimate of drug-likeness (QED) is 0.575. The van der Waals surface area contributed by atoms with Gasteiger partial charge in [0.25, 0.3) is 0 Å². The van der Waals surface area contributed by atoms with Gasteiger partial charge in [0.2, 0.25) is 17.8 Å². The highest BCUT2D eigenvalue weighted by atomic mass is 19.1. The Kier molecular flexibility index (Phi) is 6.84. The summed E-state index contributed by atoms with van der Waals surface area (Å²) in [5.41, 5.74) is 1.59. The summed E-state index contributed by atoms with van der Waals surface area (Å²) in [7, 11) is 0. The average molecular weight is 498 g/mol. The Balaban J connectivity index is 1.31. The maximum atomic E-state index is 14.7. The molecule has 4 amide bonds. The Labute approximate surface area is 208 Å². The number of nitrogens with one attached hydrogen (secondary N) is 2. The smallest absolute Gasteiger partial charge is 0.317 e. The van der Waals surface area contributed by atoms with E-state index >= 15 is 0 Å². The van der Waals surface area contributed by atoms with Crippen LogP contribution in [0.4, 0.5) is 13.6 Å². The zero-order valence-corrected chi connectivity index (χ0v) is 19.8. The Morgan fingerprint density at radius 2 is 1.83 bits per heavy atom. The van der Waals surface area contributed by atoms with Gasteiger partial charge >= 0.3 is 6.03 Å². The van der Waals surface area contributed by atoms with E-state index in [1.165, 1.54) is 4.90 Å². The summed E-state index contributed by atoms with van der Waals surface area (Å²) in [6, 6.07) is 10.3. The molecule has 2 aliphatic heterocycles. The van der Waals surface area contributed by atoms with E-state index < -0.39 is 36.0 Å². The molecule has 3 aliphatic rings. The standard InChI is InChI=1S/C26H29F2N5O3/c27-18-13-21(33(15-18)22(34)14-29-26(36)32-11-4-12-32)25(35)31-23(17-5-2-1-3-6-17)20-10-9-19(16-7-8-16)24(28)30-20/h1-3,5-6,9-10,16,18,21,23H,4,7-8,11-15H2,(H,29,36)(H,31,35). The van der Waals surface area contributed by atoms with Crippen molar-refractivity contribution in [3.8, 4) is 0 Å². The van der Waals surface area contributed by atoms with E-state index in [1.807, 2.05) is 6.07 Å². The lowest BCUT2D eigenvalue weighted by Gasteiger charge is -2.31. The molecule has 1 aromatic carbocycles. The maximum Gasteiger partial charge on any atom is 0.317 e. The number of nitrogens with zero attached hydrogens (tertiary/aromatic N) is 3. The molecule has 0 radical (unpaired) electrons. The van der Waals surface area contributed by atoms with Gasteiger partial charge in [-0.15, -0.1) is 0 Å². The number of urea groups is 1. The third-order valence-corrected chi connectivity index (χ3v) is 7.04. The number of hydrogen-bond donors (Lipinski definition) is 2. The zero-order chi connectivity index (χ0) is 25.2. The summed E-state index contributed by atoms with van der Waals surface area (Å²) in [5, 5.41) is 5.41. The number of amides is 4. The lowest BCUT2D eigenvalue weighted by molar-refractivity contribution is -0.137. The topological polar surface area (TPSA) is 94.6 Å². The fourth-order valence-corrected chi connectivity index (χ4v) is 4.72. The van der Waals surface area contributed by atoms with E-state index in [2.05, 4.69) is 15.6 Å². The van der Waals surface area contributed by atoms with Crippen molar-refractivity contribution in [2.45, 2.75) is 49.9 Å². The van der Waals surface area contributed by atoms with Crippen molar-refractivity contribution in [3.05, 3.63) is 65.2 Å². The highest BCUT2D eigenvalue weighted by Crippen LogP contribution is 2.41. The van der Waals surface area contributed by atoms with Gasteiger partial charge in [0, 0.05) is 25.1 Å². The number of pyridine rings is 1. The molecule has 8 nitrogen and oxygen atoms in total. The first-order chi connectivity index (χ1) is 17.4. The van der Waals surface area contributed by atoms with Gasteiger partial charge in [-0.25, -0.2) is 14.2 Å². The molecule has 36 heavy (non-hydrogen) atoms. The molecule has 190 valence electrons. The van der Waals surface area contributed by atoms with Gasteiger partial charge in [-0.3, -0.25) is 9.59 Å². The van der Waals surface area contributed by atoms with Crippen LogP contribution in [0.1, 0.15) is 54.5 Å². The molecule has 1 aliphatic carbocycles. The normalized spacial score (nSPS) is 22.1. The van der Waals surface area contributed by atoms with Crippen LogP contribution in [-0.4, -0.2) is 71.0 Å². The van der Waals surface area contributed by atoms with Crippen molar-refractivity contribution in [1.29, 1.82) is 0 Å². The van der Waals surface area contributed by atoms with Crippen molar-refractivity contribution in [3.63, 3.8) is 0 Å². The van der Waals surface area contributed by atoms with Crippen molar-refractivity contribution in [1.82, 2.24) is 25.4 Å². The highest BCUT2D eigenvalue weighted by molar-refractivity contribution is 5.91. The summed E-state index contributed by atoms with van der Waals surface area (Å²) in [4.78, 5) is 45.1. The predicted molar refractivity (Wildman–Crippen MR) is 127 cm³/mol. The van der Waals surface area contributed by atoms with E-state index in [-0.39, 0.29) is 31.5 Å². The van der Waals surface area contributed by atoms with E-state index in [1.54, 1.807) is 41.3 Å². The van der Waals surface area contributed by atoms with E-state index in [0.29, 0.717) is 29.9 Å². The van der Waals surface area contributed by atoms with Crippen LogP contribution in [0.25, 0.3) is 0 Å². The maximum absolute atomic E-state index is 14.7. The predicted octanol–water partition coefficient (Wildman–Crippen LogP) is 2.66.